The third-order valence-electron chi connectivity index (χ3n) is 11.7. The van der Waals surface area contributed by atoms with Gasteiger partial charge in [0.1, 0.15) is 27.8 Å². The summed E-state index contributed by atoms with van der Waals surface area (Å²) in [5.74, 6) is 0. The molecule has 0 fully saturated rings. The van der Waals surface area contributed by atoms with E-state index in [1.165, 1.54) is 0 Å². The number of furan rings is 4. The first-order valence-corrected chi connectivity index (χ1v) is 19.9. The molecule has 0 saturated carbocycles. The predicted octanol–water partition coefficient (Wildman–Crippen LogP) is 15.6. The lowest BCUT2D eigenvalue weighted by Crippen LogP contribution is -2.09. The molecule has 7 nitrogen and oxygen atoms in total. The van der Waals surface area contributed by atoms with E-state index in [-0.39, 0.29) is 0 Å². The van der Waals surface area contributed by atoms with Crippen LogP contribution in [-0.4, -0.2) is 4.98 Å². The van der Waals surface area contributed by atoms with Gasteiger partial charge in [0.15, 0.2) is 22.3 Å². The highest BCUT2D eigenvalue weighted by Gasteiger charge is 2.24. The summed E-state index contributed by atoms with van der Waals surface area (Å²) in [6, 6.07) is 62.3. The monoisotopic (exact) mass is 773 g/mol. The number of fused-ring (bicyclic) bond motifs is 13. The van der Waals surface area contributed by atoms with E-state index in [1.54, 1.807) is 0 Å². The first-order valence-electron chi connectivity index (χ1n) is 19.9. The van der Waals surface area contributed by atoms with Crippen molar-refractivity contribution < 1.29 is 17.7 Å². The number of para-hydroxylation sites is 6. The van der Waals surface area contributed by atoms with E-state index >= 15 is 0 Å². The highest BCUT2D eigenvalue weighted by Crippen LogP contribution is 2.47. The smallest absolute Gasteiger partial charge is 0.165 e. The van der Waals surface area contributed by atoms with Gasteiger partial charge >= 0.3 is 0 Å². The molecule has 0 aliphatic carbocycles. The Morgan fingerprint density at radius 1 is 0.317 bits per heavy atom. The Labute approximate surface area is 341 Å². The van der Waals surface area contributed by atoms with Crippen molar-refractivity contribution in [2.24, 2.45) is 0 Å². The quantitative estimate of drug-likeness (QED) is 0.167. The molecule has 0 amide bonds. The standard InChI is InChI=1S/C53H31N3O4/c1-3-13-32(14-4-1)55(42-21-11-19-38-36-17-7-9-23-44(36)58-51(38)42)34-25-27-40-46(29-34)57-48-31-54-50-41-28-26-35(30-47(41)60-53(50)49(40)48)56(33-15-5-2-6-16-33)43-22-12-20-39-37-18-8-10-24-45(37)59-52(39)43/h1-31H. The van der Waals surface area contributed by atoms with Crippen LogP contribution in [0.2, 0.25) is 0 Å². The van der Waals surface area contributed by atoms with Crippen molar-refractivity contribution in [1.82, 2.24) is 4.98 Å². The number of aromatic nitrogens is 1. The summed E-state index contributed by atoms with van der Waals surface area (Å²) in [5, 5.41) is 7.05. The summed E-state index contributed by atoms with van der Waals surface area (Å²) in [6.07, 6.45) is 1.81. The van der Waals surface area contributed by atoms with Crippen LogP contribution in [0.3, 0.4) is 0 Å². The fourth-order valence-corrected chi connectivity index (χ4v) is 9.03. The summed E-state index contributed by atoms with van der Waals surface area (Å²) in [6.45, 7) is 0. The Kier molecular flexibility index (Phi) is 6.88. The maximum Gasteiger partial charge on any atom is 0.165 e. The molecule has 7 heteroatoms. The topological polar surface area (TPSA) is 71.9 Å². The van der Waals surface area contributed by atoms with Crippen LogP contribution >= 0.6 is 0 Å². The molecular weight excluding hydrogens is 743 g/mol. The molecule has 5 heterocycles. The highest BCUT2D eigenvalue weighted by atomic mass is 16.3. The molecule has 0 unspecified atom stereocenters. The summed E-state index contributed by atoms with van der Waals surface area (Å²) in [4.78, 5) is 9.36. The zero-order valence-electron chi connectivity index (χ0n) is 31.9. The second-order valence-corrected chi connectivity index (χ2v) is 15.1. The van der Waals surface area contributed by atoms with E-state index < -0.39 is 0 Å². The number of nitrogens with zero attached hydrogens (tertiary/aromatic N) is 3. The average molecular weight is 774 g/mol. The lowest BCUT2D eigenvalue weighted by atomic mass is 10.1. The first-order chi connectivity index (χ1) is 29.7. The fraction of sp³-hybridized carbons (Fsp3) is 0. The van der Waals surface area contributed by atoms with Gasteiger partial charge < -0.3 is 27.5 Å². The van der Waals surface area contributed by atoms with Crippen LogP contribution in [0, 0.1) is 0 Å². The molecule has 0 bridgehead atoms. The average Bonchev–Trinajstić information content (AvgIpc) is 4.07. The van der Waals surface area contributed by atoms with Crippen LogP contribution in [0.4, 0.5) is 34.1 Å². The van der Waals surface area contributed by atoms with Crippen molar-refractivity contribution in [2.75, 3.05) is 9.80 Å². The highest BCUT2D eigenvalue weighted by molar-refractivity contribution is 6.21. The van der Waals surface area contributed by atoms with Crippen LogP contribution in [0.5, 0.6) is 0 Å². The molecular formula is C53H31N3O4. The third-order valence-corrected chi connectivity index (χ3v) is 11.7. The van der Waals surface area contributed by atoms with Gasteiger partial charge in [-0.3, -0.25) is 0 Å². The molecule has 8 aromatic carbocycles. The number of pyridine rings is 1. The van der Waals surface area contributed by atoms with E-state index in [0.717, 1.165) is 111 Å². The minimum atomic E-state index is 0.655. The number of rotatable bonds is 6. The molecule has 5 aromatic heterocycles. The number of anilines is 6. The molecule has 0 aliphatic rings. The van der Waals surface area contributed by atoms with Crippen molar-refractivity contribution in [3.8, 4) is 0 Å². The molecule has 13 aromatic rings. The number of hydrogen-bond acceptors (Lipinski definition) is 7. The lowest BCUT2D eigenvalue weighted by molar-refractivity contribution is 0.660. The normalized spacial score (nSPS) is 12.0. The van der Waals surface area contributed by atoms with Crippen molar-refractivity contribution in [3.63, 3.8) is 0 Å². The molecule has 0 atom stereocenters. The molecule has 0 spiro atoms. The van der Waals surface area contributed by atoms with Gasteiger partial charge in [0.25, 0.3) is 0 Å². The van der Waals surface area contributed by atoms with Gasteiger partial charge in [0, 0.05) is 55.8 Å². The minimum absolute atomic E-state index is 0.655. The van der Waals surface area contributed by atoms with Crippen molar-refractivity contribution in [2.45, 2.75) is 0 Å². The van der Waals surface area contributed by atoms with Crippen molar-refractivity contribution >= 4 is 122 Å². The second-order valence-electron chi connectivity index (χ2n) is 15.1. The van der Waals surface area contributed by atoms with Gasteiger partial charge in [0.2, 0.25) is 0 Å². The first kappa shape index (κ1) is 32.8. The van der Waals surface area contributed by atoms with Gasteiger partial charge in [-0.15, -0.1) is 0 Å². The molecule has 0 radical (unpaired) electrons. The Hall–Kier alpha value is -8.29. The fourth-order valence-electron chi connectivity index (χ4n) is 9.03. The predicted molar refractivity (Wildman–Crippen MR) is 243 cm³/mol. The summed E-state index contributed by atoms with van der Waals surface area (Å²) in [7, 11) is 0. The van der Waals surface area contributed by atoms with Crippen molar-refractivity contribution in [3.05, 3.63) is 188 Å². The van der Waals surface area contributed by atoms with E-state index in [0.29, 0.717) is 11.2 Å². The van der Waals surface area contributed by atoms with Gasteiger partial charge in [0.05, 0.1) is 34.3 Å². The Balaban J connectivity index is 0.971. The zero-order valence-corrected chi connectivity index (χ0v) is 31.9. The maximum atomic E-state index is 6.83. The Morgan fingerprint density at radius 3 is 1.38 bits per heavy atom. The SMILES string of the molecule is c1ccc(N(c2ccc3c(c2)oc2c3ncc3oc4cc(N(c5ccccc5)c5cccc6c5oc5ccccc56)ccc4c32)c2cccc3c2oc2ccccc23)cc1. The maximum absolute atomic E-state index is 6.83. The van der Waals surface area contributed by atoms with Gasteiger partial charge in [-0.2, -0.15) is 0 Å². The molecule has 282 valence electrons. The summed E-state index contributed by atoms with van der Waals surface area (Å²) >= 11 is 0. The van der Waals surface area contributed by atoms with Crippen molar-refractivity contribution in [1.29, 1.82) is 0 Å². The van der Waals surface area contributed by atoms with Crippen LogP contribution < -0.4 is 9.80 Å². The second kappa shape index (κ2) is 12.6. The number of hydrogen-bond donors (Lipinski definition) is 0. The Morgan fingerprint density at radius 2 is 0.800 bits per heavy atom. The minimum Gasteiger partial charge on any atom is -0.454 e. The largest absolute Gasteiger partial charge is 0.454 e. The molecule has 13 rings (SSSR count). The summed E-state index contributed by atoms with van der Waals surface area (Å²) in [5.41, 5.74) is 12.6. The van der Waals surface area contributed by atoms with Gasteiger partial charge in [-0.05, 0) is 72.8 Å². The molecule has 0 aliphatic heterocycles. The van der Waals surface area contributed by atoms with Crippen LogP contribution in [0.1, 0.15) is 0 Å². The zero-order chi connectivity index (χ0) is 39.3. The number of benzene rings is 8. The van der Waals surface area contributed by atoms with Crippen LogP contribution in [0.25, 0.3) is 87.9 Å². The molecule has 60 heavy (non-hydrogen) atoms. The van der Waals surface area contributed by atoms with Crippen LogP contribution in [-0.2, 0) is 0 Å². The Bertz CT molecular complexity index is 3800. The van der Waals surface area contributed by atoms with E-state index in [2.05, 4.69) is 143 Å². The lowest BCUT2D eigenvalue weighted by Gasteiger charge is -2.25. The van der Waals surface area contributed by atoms with E-state index in [9.17, 15) is 0 Å². The van der Waals surface area contributed by atoms with Crippen LogP contribution in [0.15, 0.2) is 206 Å². The van der Waals surface area contributed by atoms with E-state index in [4.69, 9.17) is 22.7 Å². The molecule has 0 saturated heterocycles. The third kappa shape index (κ3) is 4.80. The summed E-state index contributed by atoms with van der Waals surface area (Å²) < 4.78 is 26.5. The van der Waals surface area contributed by atoms with E-state index in [1.807, 2.05) is 54.7 Å². The van der Waals surface area contributed by atoms with Gasteiger partial charge in [-0.1, -0.05) is 97.1 Å². The van der Waals surface area contributed by atoms with Gasteiger partial charge in [-0.25, -0.2) is 4.98 Å². The molecule has 0 N–H and O–H groups in total.